The van der Waals surface area contributed by atoms with Crippen LogP contribution in [0.3, 0.4) is 0 Å². The Bertz CT molecular complexity index is 588. The molecule has 0 atom stereocenters. The molecule has 22 heavy (non-hydrogen) atoms. The SMILES string of the molecule is C1=CCCC(c2cccc(-c3ccccc3)c2)=C1.CC.CC. The van der Waals surface area contributed by atoms with Crippen molar-refractivity contribution in [2.24, 2.45) is 0 Å². The van der Waals surface area contributed by atoms with E-state index >= 15 is 0 Å². The Labute approximate surface area is 136 Å². The van der Waals surface area contributed by atoms with Crippen LogP contribution >= 0.6 is 0 Å². The second kappa shape index (κ2) is 10.6. The highest BCUT2D eigenvalue weighted by atomic mass is 14.1. The molecule has 0 nitrogen and oxygen atoms in total. The highest BCUT2D eigenvalue weighted by molar-refractivity contribution is 5.74. The van der Waals surface area contributed by atoms with Crippen LogP contribution < -0.4 is 0 Å². The van der Waals surface area contributed by atoms with E-state index in [1.165, 1.54) is 22.3 Å². The number of hydrogen-bond donors (Lipinski definition) is 0. The minimum Gasteiger partial charge on any atom is -0.0842 e. The van der Waals surface area contributed by atoms with E-state index in [9.17, 15) is 0 Å². The molecule has 0 heteroatoms. The molecule has 0 aliphatic heterocycles. The Hall–Kier alpha value is -2.08. The highest BCUT2D eigenvalue weighted by Crippen LogP contribution is 2.27. The number of allylic oxidation sites excluding steroid dienone is 4. The molecule has 1 aliphatic rings. The first-order valence-corrected chi connectivity index (χ1v) is 8.45. The first-order valence-electron chi connectivity index (χ1n) is 8.45. The molecule has 0 fully saturated rings. The van der Waals surface area contributed by atoms with Crippen molar-refractivity contribution in [3.05, 3.63) is 78.4 Å². The topological polar surface area (TPSA) is 0 Å². The van der Waals surface area contributed by atoms with E-state index in [1.54, 1.807) is 0 Å². The number of rotatable bonds is 2. The normalized spacial score (nSPS) is 12.3. The molecule has 0 spiro atoms. The monoisotopic (exact) mass is 292 g/mol. The van der Waals surface area contributed by atoms with E-state index in [4.69, 9.17) is 0 Å². The molecule has 0 aromatic heterocycles. The zero-order valence-corrected chi connectivity index (χ0v) is 14.3. The van der Waals surface area contributed by atoms with Gasteiger partial charge in [0.25, 0.3) is 0 Å². The van der Waals surface area contributed by atoms with E-state index in [1.807, 2.05) is 27.7 Å². The van der Waals surface area contributed by atoms with Crippen molar-refractivity contribution >= 4 is 5.57 Å². The molecule has 0 unspecified atom stereocenters. The van der Waals surface area contributed by atoms with Gasteiger partial charge in [-0.05, 0) is 41.2 Å². The van der Waals surface area contributed by atoms with Crippen LogP contribution in [0.25, 0.3) is 16.7 Å². The van der Waals surface area contributed by atoms with Gasteiger partial charge in [0.15, 0.2) is 0 Å². The molecule has 0 radical (unpaired) electrons. The standard InChI is InChI=1S/C18H16.2C2H6/c1-3-8-15(9-4-1)17-12-7-13-18(14-17)16-10-5-2-6-11-16;2*1-2/h1-5,7-10,12-14H,6,11H2;2*1-2H3. The van der Waals surface area contributed by atoms with Crippen LogP contribution in [0.4, 0.5) is 0 Å². The lowest BCUT2D eigenvalue weighted by Crippen LogP contribution is -1.88. The van der Waals surface area contributed by atoms with Gasteiger partial charge in [-0.3, -0.25) is 0 Å². The summed E-state index contributed by atoms with van der Waals surface area (Å²) in [4.78, 5) is 0. The molecular weight excluding hydrogens is 264 g/mol. The molecule has 0 N–H and O–H groups in total. The zero-order valence-electron chi connectivity index (χ0n) is 14.3. The average molecular weight is 292 g/mol. The maximum atomic E-state index is 2.29. The van der Waals surface area contributed by atoms with Crippen molar-refractivity contribution in [2.75, 3.05) is 0 Å². The van der Waals surface area contributed by atoms with E-state index in [0.29, 0.717) is 0 Å². The Balaban J connectivity index is 0.000000561. The van der Waals surface area contributed by atoms with Crippen molar-refractivity contribution in [3.8, 4) is 11.1 Å². The fourth-order valence-corrected chi connectivity index (χ4v) is 2.37. The summed E-state index contributed by atoms with van der Waals surface area (Å²) in [5.74, 6) is 0. The molecule has 2 aromatic rings. The highest BCUT2D eigenvalue weighted by Gasteiger charge is 2.04. The van der Waals surface area contributed by atoms with E-state index in [2.05, 4.69) is 72.8 Å². The third-order valence-electron chi connectivity index (χ3n) is 3.35. The summed E-state index contributed by atoms with van der Waals surface area (Å²) < 4.78 is 0. The molecule has 2 aromatic carbocycles. The molecule has 3 rings (SSSR count). The largest absolute Gasteiger partial charge is 0.0842 e. The predicted octanol–water partition coefficient (Wildman–Crippen LogP) is 7.14. The van der Waals surface area contributed by atoms with E-state index in [-0.39, 0.29) is 0 Å². The molecule has 116 valence electrons. The zero-order chi connectivity index (χ0) is 16.2. The maximum absolute atomic E-state index is 2.29. The lowest BCUT2D eigenvalue weighted by molar-refractivity contribution is 1.05. The van der Waals surface area contributed by atoms with Crippen molar-refractivity contribution < 1.29 is 0 Å². The van der Waals surface area contributed by atoms with E-state index < -0.39 is 0 Å². The Morgan fingerprint density at radius 1 is 0.682 bits per heavy atom. The van der Waals surface area contributed by atoms with Crippen molar-refractivity contribution in [1.29, 1.82) is 0 Å². The second-order valence-electron chi connectivity index (χ2n) is 4.61. The van der Waals surface area contributed by atoms with Gasteiger partial charge in [-0.2, -0.15) is 0 Å². The van der Waals surface area contributed by atoms with Crippen LogP contribution in [0.5, 0.6) is 0 Å². The summed E-state index contributed by atoms with van der Waals surface area (Å²) in [5.41, 5.74) is 5.37. The quantitative estimate of drug-likeness (QED) is 0.551. The Kier molecular flexibility index (Phi) is 8.67. The van der Waals surface area contributed by atoms with Crippen LogP contribution in [0.1, 0.15) is 46.1 Å². The van der Waals surface area contributed by atoms with Gasteiger partial charge in [-0.25, -0.2) is 0 Å². The molecule has 0 bridgehead atoms. The molecule has 0 saturated heterocycles. The van der Waals surface area contributed by atoms with Crippen molar-refractivity contribution in [1.82, 2.24) is 0 Å². The Morgan fingerprint density at radius 3 is 1.95 bits per heavy atom. The van der Waals surface area contributed by atoms with Crippen molar-refractivity contribution in [2.45, 2.75) is 40.5 Å². The molecule has 0 heterocycles. The van der Waals surface area contributed by atoms with Crippen molar-refractivity contribution in [3.63, 3.8) is 0 Å². The third-order valence-corrected chi connectivity index (χ3v) is 3.35. The third kappa shape index (κ3) is 5.04. The van der Waals surface area contributed by atoms with Gasteiger partial charge in [0, 0.05) is 0 Å². The number of hydrogen-bond acceptors (Lipinski definition) is 0. The minimum absolute atomic E-state index is 1.15. The summed E-state index contributed by atoms with van der Waals surface area (Å²) in [6.45, 7) is 8.00. The fourth-order valence-electron chi connectivity index (χ4n) is 2.37. The second-order valence-corrected chi connectivity index (χ2v) is 4.61. The maximum Gasteiger partial charge on any atom is -0.0178 e. The lowest BCUT2D eigenvalue weighted by Gasteiger charge is -2.11. The smallest absolute Gasteiger partial charge is 0.0178 e. The van der Waals surface area contributed by atoms with E-state index in [0.717, 1.165) is 12.8 Å². The van der Waals surface area contributed by atoms with Gasteiger partial charge in [-0.15, -0.1) is 0 Å². The summed E-state index contributed by atoms with van der Waals surface area (Å²) in [7, 11) is 0. The molecule has 1 aliphatic carbocycles. The van der Waals surface area contributed by atoms with Gasteiger partial charge >= 0.3 is 0 Å². The summed E-state index contributed by atoms with van der Waals surface area (Å²) in [5, 5.41) is 0. The summed E-state index contributed by atoms with van der Waals surface area (Å²) in [6.07, 6.45) is 8.92. The van der Waals surface area contributed by atoms with Crippen LogP contribution in [0, 0.1) is 0 Å². The molecular formula is C22H28. The van der Waals surface area contributed by atoms with Crippen LogP contribution in [0.2, 0.25) is 0 Å². The van der Waals surface area contributed by atoms with Gasteiger partial charge in [-0.1, -0.05) is 94.5 Å². The minimum atomic E-state index is 1.15. The summed E-state index contributed by atoms with van der Waals surface area (Å²) in [6, 6.07) is 19.4. The van der Waals surface area contributed by atoms with Crippen LogP contribution in [-0.2, 0) is 0 Å². The van der Waals surface area contributed by atoms with Crippen LogP contribution in [-0.4, -0.2) is 0 Å². The van der Waals surface area contributed by atoms with Gasteiger partial charge in [0.2, 0.25) is 0 Å². The van der Waals surface area contributed by atoms with Crippen LogP contribution in [0.15, 0.2) is 72.8 Å². The first-order chi connectivity index (χ1) is 10.9. The lowest BCUT2D eigenvalue weighted by atomic mass is 9.94. The summed E-state index contributed by atoms with van der Waals surface area (Å²) >= 11 is 0. The fraction of sp³-hybridized carbons (Fsp3) is 0.273. The Morgan fingerprint density at radius 2 is 1.32 bits per heavy atom. The number of benzene rings is 2. The molecule has 0 saturated carbocycles. The average Bonchev–Trinajstić information content (AvgIpc) is 2.67. The predicted molar refractivity (Wildman–Crippen MR) is 101 cm³/mol. The molecule has 0 amide bonds. The van der Waals surface area contributed by atoms with Gasteiger partial charge in [0.1, 0.15) is 0 Å². The van der Waals surface area contributed by atoms with Gasteiger partial charge < -0.3 is 0 Å². The van der Waals surface area contributed by atoms with Gasteiger partial charge in [0.05, 0.1) is 0 Å². The first kappa shape index (κ1) is 18.0.